The summed E-state index contributed by atoms with van der Waals surface area (Å²) in [5.41, 5.74) is 1.64. The number of carbonyl (C=O) groups excluding carboxylic acids is 2. The van der Waals surface area contributed by atoms with Gasteiger partial charge < -0.3 is 14.5 Å². The van der Waals surface area contributed by atoms with Gasteiger partial charge in [-0.1, -0.05) is 12.1 Å². The number of thiophene rings is 1. The number of carbonyl (C=O) groups is 2. The highest BCUT2D eigenvalue weighted by atomic mass is 32.1. The van der Waals surface area contributed by atoms with Crippen LogP contribution in [0.5, 0.6) is 0 Å². The maximum Gasteiger partial charge on any atom is 0.331 e. The fourth-order valence-corrected chi connectivity index (χ4v) is 3.70. The van der Waals surface area contributed by atoms with Crippen molar-refractivity contribution in [3.05, 3.63) is 58.0 Å². The van der Waals surface area contributed by atoms with E-state index in [9.17, 15) is 14.0 Å². The van der Waals surface area contributed by atoms with Crippen LogP contribution in [0.2, 0.25) is 0 Å². The lowest BCUT2D eigenvalue weighted by atomic mass is 10.2. The van der Waals surface area contributed by atoms with Gasteiger partial charge in [0.2, 0.25) is 0 Å². The van der Waals surface area contributed by atoms with Crippen molar-refractivity contribution >= 4 is 35.0 Å². The van der Waals surface area contributed by atoms with Crippen molar-refractivity contribution in [3.63, 3.8) is 0 Å². The SMILES string of the molecule is Cc1ccsc1/C=C/C(=O)OCC(=O)N1CCN(c2ccccc2F)CC1. The minimum Gasteiger partial charge on any atom is -0.452 e. The van der Waals surface area contributed by atoms with Crippen LogP contribution in [0.25, 0.3) is 6.08 Å². The number of benzene rings is 1. The minimum atomic E-state index is -0.541. The topological polar surface area (TPSA) is 49.9 Å². The van der Waals surface area contributed by atoms with Crippen molar-refractivity contribution in [2.45, 2.75) is 6.92 Å². The number of ether oxygens (including phenoxy) is 1. The van der Waals surface area contributed by atoms with Crippen LogP contribution in [0.15, 0.2) is 41.8 Å². The Morgan fingerprint density at radius 3 is 2.59 bits per heavy atom. The van der Waals surface area contributed by atoms with Crippen molar-refractivity contribution in [1.29, 1.82) is 0 Å². The Bertz CT molecular complexity index is 841. The summed E-state index contributed by atoms with van der Waals surface area (Å²) in [6.07, 6.45) is 3.03. The molecule has 0 atom stereocenters. The number of nitrogens with zero attached hydrogens (tertiary/aromatic N) is 2. The summed E-state index contributed by atoms with van der Waals surface area (Å²) in [6, 6.07) is 8.58. The molecule has 1 aromatic carbocycles. The molecule has 2 heterocycles. The average molecular weight is 388 g/mol. The van der Waals surface area contributed by atoms with E-state index >= 15 is 0 Å². The van der Waals surface area contributed by atoms with Crippen LogP contribution < -0.4 is 4.90 Å². The molecular weight excluding hydrogens is 367 g/mol. The first-order valence-electron chi connectivity index (χ1n) is 8.71. The van der Waals surface area contributed by atoms with Crippen LogP contribution in [0.3, 0.4) is 0 Å². The summed E-state index contributed by atoms with van der Waals surface area (Å²) in [6.45, 7) is 3.69. The van der Waals surface area contributed by atoms with Crippen LogP contribution >= 0.6 is 11.3 Å². The quantitative estimate of drug-likeness (QED) is 0.583. The predicted octanol–water partition coefficient (Wildman–Crippen LogP) is 3.10. The number of esters is 1. The van der Waals surface area contributed by atoms with Crippen molar-refractivity contribution < 1.29 is 18.7 Å². The number of rotatable bonds is 5. The van der Waals surface area contributed by atoms with Crippen LogP contribution in [-0.4, -0.2) is 49.6 Å². The van der Waals surface area contributed by atoms with E-state index < -0.39 is 5.97 Å². The molecule has 1 saturated heterocycles. The van der Waals surface area contributed by atoms with Crippen molar-refractivity contribution in [1.82, 2.24) is 4.90 Å². The standard InChI is InChI=1S/C20H21FN2O3S/c1-15-8-13-27-18(15)6-7-20(25)26-14-19(24)23-11-9-22(10-12-23)17-5-3-2-4-16(17)21/h2-8,13H,9-12,14H2,1H3/b7-6+. The molecule has 1 aliphatic rings. The molecular formula is C20H21FN2O3S. The van der Waals surface area contributed by atoms with Gasteiger partial charge in [-0.2, -0.15) is 0 Å². The van der Waals surface area contributed by atoms with E-state index in [-0.39, 0.29) is 18.3 Å². The second-order valence-corrected chi connectivity index (χ2v) is 7.18. The highest BCUT2D eigenvalue weighted by molar-refractivity contribution is 7.11. The molecule has 142 valence electrons. The zero-order chi connectivity index (χ0) is 19.2. The predicted molar refractivity (Wildman–Crippen MR) is 104 cm³/mol. The Kier molecular flexibility index (Phi) is 6.24. The summed E-state index contributed by atoms with van der Waals surface area (Å²) in [7, 11) is 0. The molecule has 0 spiro atoms. The van der Waals surface area contributed by atoms with Gasteiger partial charge in [0.1, 0.15) is 5.82 Å². The number of hydrogen-bond donors (Lipinski definition) is 0. The van der Waals surface area contributed by atoms with Gasteiger partial charge in [0.15, 0.2) is 6.61 Å². The minimum absolute atomic E-state index is 0.239. The summed E-state index contributed by atoms with van der Waals surface area (Å²) in [5.74, 6) is -1.04. The van der Waals surface area contributed by atoms with E-state index in [4.69, 9.17) is 4.74 Å². The molecule has 0 radical (unpaired) electrons. The number of hydrogen-bond acceptors (Lipinski definition) is 5. The third-order valence-corrected chi connectivity index (χ3v) is 5.42. The van der Waals surface area contributed by atoms with E-state index in [0.717, 1.165) is 10.4 Å². The second-order valence-electron chi connectivity index (χ2n) is 6.23. The molecule has 0 N–H and O–H groups in total. The Hall–Kier alpha value is -2.67. The van der Waals surface area contributed by atoms with Gasteiger partial charge in [-0.25, -0.2) is 9.18 Å². The number of amides is 1. The largest absolute Gasteiger partial charge is 0.452 e. The Labute approximate surface area is 161 Å². The fraction of sp³-hybridized carbons (Fsp3) is 0.300. The number of halogens is 1. The zero-order valence-corrected chi connectivity index (χ0v) is 15.9. The van der Waals surface area contributed by atoms with E-state index in [2.05, 4.69) is 0 Å². The molecule has 1 aromatic heterocycles. The maximum atomic E-state index is 13.9. The second kappa shape index (κ2) is 8.81. The molecule has 1 aliphatic heterocycles. The van der Waals surface area contributed by atoms with Crippen molar-refractivity contribution in [2.75, 3.05) is 37.7 Å². The monoisotopic (exact) mass is 388 g/mol. The molecule has 0 saturated carbocycles. The van der Waals surface area contributed by atoms with E-state index in [1.807, 2.05) is 23.3 Å². The summed E-state index contributed by atoms with van der Waals surface area (Å²) in [5, 5.41) is 1.95. The third kappa shape index (κ3) is 4.95. The Morgan fingerprint density at radius 2 is 1.93 bits per heavy atom. The first-order valence-corrected chi connectivity index (χ1v) is 9.59. The zero-order valence-electron chi connectivity index (χ0n) is 15.1. The lowest BCUT2D eigenvalue weighted by Gasteiger charge is -2.36. The molecule has 0 bridgehead atoms. The Balaban J connectivity index is 1.44. The van der Waals surface area contributed by atoms with Crippen LogP contribution in [0.4, 0.5) is 10.1 Å². The molecule has 1 fully saturated rings. The van der Waals surface area contributed by atoms with Gasteiger partial charge in [-0.05, 0) is 42.1 Å². The highest BCUT2D eigenvalue weighted by Crippen LogP contribution is 2.20. The van der Waals surface area contributed by atoms with Gasteiger partial charge in [-0.3, -0.25) is 4.79 Å². The van der Waals surface area contributed by atoms with Crippen molar-refractivity contribution in [2.24, 2.45) is 0 Å². The van der Waals surface area contributed by atoms with Crippen LogP contribution in [0.1, 0.15) is 10.4 Å². The first kappa shape index (κ1) is 19.1. The van der Waals surface area contributed by atoms with Gasteiger partial charge in [0.25, 0.3) is 5.91 Å². The first-order chi connectivity index (χ1) is 13.0. The van der Waals surface area contributed by atoms with Gasteiger partial charge in [0.05, 0.1) is 5.69 Å². The Morgan fingerprint density at radius 1 is 1.19 bits per heavy atom. The normalized spacial score (nSPS) is 14.6. The summed E-state index contributed by atoms with van der Waals surface area (Å²) >= 11 is 1.54. The van der Waals surface area contributed by atoms with Crippen LogP contribution in [0, 0.1) is 12.7 Å². The summed E-state index contributed by atoms with van der Waals surface area (Å²) in [4.78, 5) is 28.6. The number of para-hydroxylation sites is 1. The summed E-state index contributed by atoms with van der Waals surface area (Å²) < 4.78 is 18.9. The molecule has 2 aromatic rings. The van der Waals surface area contributed by atoms with Gasteiger partial charge in [0, 0.05) is 37.1 Å². The van der Waals surface area contributed by atoms with Gasteiger partial charge >= 0.3 is 5.97 Å². The molecule has 27 heavy (non-hydrogen) atoms. The van der Waals surface area contributed by atoms with Crippen molar-refractivity contribution in [3.8, 4) is 0 Å². The van der Waals surface area contributed by atoms with Crippen LogP contribution in [-0.2, 0) is 14.3 Å². The van der Waals surface area contributed by atoms with E-state index in [0.29, 0.717) is 31.9 Å². The number of anilines is 1. The smallest absolute Gasteiger partial charge is 0.331 e. The molecule has 3 rings (SSSR count). The number of piperazine rings is 1. The van der Waals surface area contributed by atoms with E-state index in [1.54, 1.807) is 29.2 Å². The molecule has 7 heteroatoms. The molecule has 0 aliphatic carbocycles. The highest BCUT2D eigenvalue weighted by Gasteiger charge is 2.23. The van der Waals surface area contributed by atoms with Gasteiger partial charge in [-0.15, -0.1) is 11.3 Å². The molecule has 1 amide bonds. The molecule has 0 unspecified atom stereocenters. The lowest BCUT2D eigenvalue weighted by molar-refractivity contribution is -0.148. The fourth-order valence-electron chi connectivity index (χ4n) is 2.88. The maximum absolute atomic E-state index is 13.9. The van der Waals surface area contributed by atoms with E-state index in [1.165, 1.54) is 23.5 Å². The number of aryl methyl sites for hydroxylation is 1. The molecule has 5 nitrogen and oxygen atoms in total. The lowest BCUT2D eigenvalue weighted by Crippen LogP contribution is -2.50. The average Bonchev–Trinajstić information content (AvgIpc) is 3.10. The third-order valence-electron chi connectivity index (χ3n) is 4.44.